The van der Waals surface area contributed by atoms with Crippen molar-refractivity contribution in [3.05, 3.63) is 29.6 Å². The summed E-state index contributed by atoms with van der Waals surface area (Å²) in [5.41, 5.74) is 0.985. The second kappa shape index (κ2) is 5.08. The molecular weight excluding hydrogens is 257 g/mol. The molecule has 0 radical (unpaired) electrons. The highest BCUT2D eigenvalue weighted by Crippen LogP contribution is 2.44. The molecule has 3 rings (SSSR count). The van der Waals surface area contributed by atoms with Crippen LogP contribution < -0.4 is 4.90 Å². The van der Waals surface area contributed by atoms with E-state index in [1.54, 1.807) is 6.07 Å². The number of aromatic carboxylic acids is 1. The van der Waals surface area contributed by atoms with Crippen LogP contribution in [0.15, 0.2) is 18.2 Å². The maximum Gasteiger partial charge on any atom is 0.338 e. The highest BCUT2D eigenvalue weighted by atomic mass is 19.1. The molecule has 1 saturated carbocycles. The summed E-state index contributed by atoms with van der Waals surface area (Å²) in [5.74, 6) is -1.85. The molecule has 0 atom stereocenters. The van der Waals surface area contributed by atoms with Crippen LogP contribution in [0.1, 0.15) is 48.9 Å². The number of rotatable bonds is 2. The number of anilines is 1. The van der Waals surface area contributed by atoms with E-state index in [9.17, 15) is 9.18 Å². The number of carboxylic acid groups (broad SMARTS) is 1. The molecule has 0 aromatic heterocycles. The molecule has 3 nitrogen and oxygen atoms in total. The van der Waals surface area contributed by atoms with E-state index in [1.165, 1.54) is 50.7 Å². The van der Waals surface area contributed by atoms with Crippen molar-refractivity contribution in [2.24, 2.45) is 5.41 Å². The van der Waals surface area contributed by atoms with Crippen molar-refractivity contribution in [2.75, 3.05) is 18.0 Å². The van der Waals surface area contributed by atoms with Crippen LogP contribution in [-0.4, -0.2) is 24.2 Å². The number of halogens is 1. The minimum atomic E-state index is -1.21. The number of nitrogens with zero attached hydrogens (tertiary/aromatic N) is 1. The van der Waals surface area contributed by atoms with E-state index in [1.807, 2.05) is 0 Å². The number of benzene rings is 1. The van der Waals surface area contributed by atoms with Crippen molar-refractivity contribution < 1.29 is 14.3 Å². The fraction of sp³-hybridized carbons (Fsp3) is 0.562. The summed E-state index contributed by atoms with van der Waals surface area (Å²) in [4.78, 5) is 13.0. The van der Waals surface area contributed by atoms with Crippen LogP contribution in [-0.2, 0) is 0 Å². The molecule has 108 valence electrons. The van der Waals surface area contributed by atoms with Gasteiger partial charge in [0.2, 0.25) is 0 Å². The summed E-state index contributed by atoms with van der Waals surface area (Å²) in [7, 11) is 0. The predicted molar refractivity (Wildman–Crippen MR) is 75.7 cm³/mol. The quantitative estimate of drug-likeness (QED) is 0.896. The Labute approximate surface area is 118 Å². The van der Waals surface area contributed by atoms with E-state index in [4.69, 9.17) is 5.11 Å². The summed E-state index contributed by atoms with van der Waals surface area (Å²) >= 11 is 0. The molecule has 0 unspecified atom stereocenters. The van der Waals surface area contributed by atoms with Crippen LogP contribution in [0.4, 0.5) is 10.1 Å². The van der Waals surface area contributed by atoms with Crippen LogP contribution in [0, 0.1) is 11.2 Å². The molecule has 2 fully saturated rings. The minimum absolute atomic E-state index is 0.251. The van der Waals surface area contributed by atoms with Gasteiger partial charge in [-0.15, -0.1) is 0 Å². The highest BCUT2D eigenvalue weighted by Gasteiger charge is 2.42. The Balaban J connectivity index is 1.70. The lowest BCUT2D eigenvalue weighted by Crippen LogP contribution is -2.56. The second-order valence-electron chi connectivity index (χ2n) is 6.24. The topological polar surface area (TPSA) is 40.5 Å². The molecule has 1 saturated heterocycles. The summed E-state index contributed by atoms with van der Waals surface area (Å²) in [6.07, 6.45) is 7.84. The first-order valence-electron chi connectivity index (χ1n) is 7.38. The van der Waals surface area contributed by atoms with E-state index in [2.05, 4.69) is 4.90 Å². The van der Waals surface area contributed by atoms with Crippen molar-refractivity contribution in [1.82, 2.24) is 0 Å². The lowest BCUT2D eigenvalue weighted by molar-refractivity contribution is 0.0692. The molecule has 0 bridgehead atoms. The molecule has 4 heteroatoms. The van der Waals surface area contributed by atoms with E-state index >= 15 is 0 Å². The van der Waals surface area contributed by atoms with Crippen LogP contribution >= 0.6 is 0 Å². The van der Waals surface area contributed by atoms with Crippen molar-refractivity contribution in [2.45, 2.75) is 38.5 Å². The van der Waals surface area contributed by atoms with Gasteiger partial charge < -0.3 is 10.0 Å². The third-order valence-electron chi connectivity index (χ3n) is 4.76. The Morgan fingerprint density at radius 1 is 1.15 bits per heavy atom. The maximum atomic E-state index is 13.7. The zero-order chi connectivity index (χ0) is 14.2. The molecule has 1 spiro atoms. The second-order valence-corrected chi connectivity index (χ2v) is 6.24. The van der Waals surface area contributed by atoms with E-state index in [-0.39, 0.29) is 5.56 Å². The van der Waals surface area contributed by atoms with Gasteiger partial charge in [-0.3, -0.25) is 0 Å². The Morgan fingerprint density at radius 3 is 2.35 bits per heavy atom. The van der Waals surface area contributed by atoms with E-state index < -0.39 is 11.8 Å². The zero-order valence-corrected chi connectivity index (χ0v) is 11.6. The average molecular weight is 277 g/mol. The van der Waals surface area contributed by atoms with Crippen molar-refractivity contribution in [3.63, 3.8) is 0 Å². The predicted octanol–water partition coefficient (Wildman–Crippen LogP) is 3.68. The number of hydrogen-bond acceptors (Lipinski definition) is 2. The van der Waals surface area contributed by atoms with Gasteiger partial charge in [-0.25, -0.2) is 9.18 Å². The smallest absolute Gasteiger partial charge is 0.338 e. The molecule has 1 heterocycles. The summed E-state index contributed by atoms with van der Waals surface area (Å²) < 4.78 is 13.7. The normalized spacial score (nSPS) is 21.4. The van der Waals surface area contributed by atoms with Gasteiger partial charge in [0.1, 0.15) is 5.82 Å². The van der Waals surface area contributed by atoms with Gasteiger partial charge in [-0.1, -0.05) is 25.7 Å². The minimum Gasteiger partial charge on any atom is -0.478 e. The van der Waals surface area contributed by atoms with Crippen LogP contribution in [0.5, 0.6) is 0 Å². The molecular formula is C16H20FNO2. The molecule has 2 aliphatic rings. The SMILES string of the molecule is O=C(O)c1ccc(N2CC3(CCCCCC3)C2)cc1F. The van der Waals surface area contributed by atoms with Gasteiger partial charge in [-0.2, -0.15) is 0 Å². The highest BCUT2D eigenvalue weighted by molar-refractivity contribution is 5.88. The average Bonchev–Trinajstić information content (AvgIpc) is 2.62. The van der Waals surface area contributed by atoms with Crippen LogP contribution in [0.3, 0.4) is 0 Å². The third-order valence-corrected chi connectivity index (χ3v) is 4.76. The standard InChI is InChI=1S/C16H20FNO2/c17-14-9-12(5-6-13(14)15(19)20)18-10-16(11-18)7-3-1-2-4-8-16/h5-6,9H,1-4,7-8,10-11H2,(H,19,20). The van der Waals surface area contributed by atoms with Gasteiger partial charge in [-0.05, 0) is 31.0 Å². The zero-order valence-electron chi connectivity index (χ0n) is 11.6. The van der Waals surface area contributed by atoms with Crippen LogP contribution in [0.25, 0.3) is 0 Å². The third kappa shape index (κ3) is 2.39. The van der Waals surface area contributed by atoms with Crippen molar-refractivity contribution in [3.8, 4) is 0 Å². The summed E-state index contributed by atoms with van der Waals surface area (Å²) in [6, 6.07) is 4.44. The maximum absolute atomic E-state index is 13.7. The van der Waals surface area contributed by atoms with Crippen LogP contribution in [0.2, 0.25) is 0 Å². The Morgan fingerprint density at radius 2 is 1.80 bits per heavy atom. The Hall–Kier alpha value is -1.58. The van der Waals surface area contributed by atoms with Gasteiger partial charge in [0.15, 0.2) is 0 Å². The summed E-state index contributed by atoms with van der Waals surface area (Å²) in [5, 5.41) is 8.84. The molecule has 1 aromatic rings. The van der Waals surface area contributed by atoms with Gasteiger partial charge in [0.05, 0.1) is 5.56 Å². The fourth-order valence-corrected chi connectivity index (χ4v) is 3.61. The number of hydrogen-bond donors (Lipinski definition) is 1. The van der Waals surface area contributed by atoms with Gasteiger partial charge >= 0.3 is 5.97 Å². The fourth-order valence-electron chi connectivity index (χ4n) is 3.61. The first-order valence-corrected chi connectivity index (χ1v) is 7.38. The summed E-state index contributed by atoms with van der Waals surface area (Å²) in [6.45, 7) is 1.97. The molecule has 0 amide bonds. The van der Waals surface area contributed by atoms with Gasteiger partial charge in [0.25, 0.3) is 0 Å². The Bertz CT molecular complexity index is 513. The molecule has 1 aliphatic carbocycles. The molecule has 1 N–H and O–H groups in total. The van der Waals surface area contributed by atoms with Crippen molar-refractivity contribution in [1.29, 1.82) is 0 Å². The first-order chi connectivity index (χ1) is 9.60. The lowest BCUT2D eigenvalue weighted by Gasteiger charge is -2.51. The largest absolute Gasteiger partial charge is 0.478 e. The molecule has 1 aromatic carbocycles. The first kappa shape index (κ1) is 13.4. The van der Waals surface area contributed by atoms with Gasteiger partial charge in [0, 0.05) is 24.2 Å². The van der Waals surface area contributed by atoms with E-state index in [0.717, 1.165) is 18.8 Å². The Kier molecular flexibility index (Phi) is 3.40. The monoisotopic (exact) mass is 277 g/mol. The number of carboxylic acids is 1. The lowest BCUT2D eigenvalue weighted by atomic mass is 9.73. The number of carbonyl (C=O) groups is 1. The molecule has 1 aliphatic heterocycles. The van der Waals surface area contributed by atoms with E-state index in [0.29, 0.717) is 5.41 Å². The molecule has 20 heavy (non-hydrogen) atoms. The van der Waals surface area contributed by atoms with Crippen molar-refractivity contribution >= 4 is 11.7 Å².